The minimum absolute atomic E-state index is 0.0209. The fourth-order valence-corrected chi connectivity index (χ4v) is 1.39. The van der Waals surface area contributed by atoms with Gasteiger partial charge in [-0.3, -0.25) is 0 Å². The fraction of sp³-hybridized carbons (Fsp3) is 0.500. The summed E-state index contributed by atoms with van der Waals surface area (Å²) in [5, 5.41) is 18.3. The van der Waals surface area contributed by atoms with Gasteiger partial charge >= 0.3 is 0 Å². The van der Waals surface area contributed by atoms with Crippen LogP contribution in [0.2, 0.25) is 0 Å². The zero-order valence-corrected chi connectivity index (χ0v) is 8.77. The van der Waals surface area contributed by atoms with Crippen molar-refractivity contribution in [2.24, 2.45) is 0 Å². The molecular weight excluding hydrogens is 176 g/mol. The average Bonchev–Trinajstić information content (AvgIpc) is 2.18. The van der Waals surface area contributed by atoms with Gasteiger partial charge < -0.3 is 10.2 Å². The minimum atomic E-state index is -0.541. The van der Waals surface area contributed by atoms with E-state index in [1.807, 2.05) is 24.3 Å². The van der Waals surface area contributed by atoms with E-state index in [0.717, 1.165) is 5.56 Å². The highest BCUT2D eigenvalue weighted by molar-refractivity contribution is 5.25. The third-order valence-electron chi connectivity index (χ3n) is 2.39. The van der Waals surface area contributed by atoms with Crippen molar-refractivity contribution < 1.29 is 10.2 Å². The summed E-state index contributed by atoms with van der Waals surface area (Å²) in [4.78, 5) is 0. The van der Waals surface area contributed by atoms with Gasteiger partial charge in [0.15, 0.2) is 0 Å². The van der Waals surface area contributed by atoms with Gasteiger partial charge in [0.25, 0.3) is 0 Å². The Morgan fingerprint density at radius 1 is 1.07 bits per heavy atom. The van der Waals surface area contributed by atoms with E-state index in [2.05, 4.69) is 13.8 Å². The molecule has 1 unspecified atom stereocenters. The molecule has 0 saturated carbocycles. The van der Waals surface area contributed by atoms with E-state index in [4.69, 9.17) is 5.11 Å². The van der Waals surface area contributed by atoms with Crippen molar-refractivity contribution in [3.05, 3.63) is 35.4 Å². The molecule has 0 aromatic heterocycles. The molecule has 0 saturated heterocycles. The Labute approximate surface area is 85.2 Å². The summed E-state index contributed by atoms with van der Waals surface area (Å²) in [6, 6.07) is 7.91. The highest BCUT2D eigenvalue weighted by Crippen LogP contribution is 2.20. The molecule has 0 fully saturated rings. The van der Waals surface area contributed by atoms with Gasteiger partial charge in [-0.25, -0.2) is 0 Å². The van der Waals surface area contributed by atoms with Crippen LogP contribution in [-0.2, 0) is 0 Å². The second-order valence-electron chi connectivity index (χ2n) is 3.85. The zero-order valence-electron chi connectivity index (χ0n) is 8.77. The van der Waals surface area contributed by atoms with E-state index in [9.17, 15) is 5.11 Å². The summed E-state index contributed by atoms with van der Waals surface area (Å²) in [6.45, 7) is 4.30. The lowest BCUT2D eigenvalue weighted by atomic mass is 9.99. The van der Waals surface area contributed by atoms with Crippen molar-refractivity contribution in [3.8, 4) is 0 Å². The Bertz CT molecular complexity index is 264. The molecule has 1 aromatic rings. The zero-order chi connectivity index (χ0) is 10.6. The van der Waals surface area contributed by atoms with Crippen molar-refractivity contribution in [2.45, 2.75) is 32.3 Å². The quantitative estimate of drug-likeness (QED) is 0.771. The second-order valence-corrected chi connectivity index (χ2v) is 3.85. The summed E-state index contributed by atoms with van der Waals surface area (Å²) in [5.41, 5.74) is 2.15. The lowest BCUT2D eigenvalue weighted by Crippen LogP contribution is -2.00. The molecule has 0 spiro atoms. The van der Waals surface area contributed by atoms with Crippen molar-refractivity contribution in [3.63, 3.8) is 0 Å². The van der Waals surface area contributed by atoms with Crippen molar-refractivity contribution in [2.75, 3.05) is 6.61 Å². The molecule has 78 valence electrons. The first-order valence-electron chi connectivity index (χ1n) is 5.04. The molecule has 0 aliphatic heterocycles. The summed E-state index contributed by atoms with van der Waals surface area (Å²) in [7, 11) is 0. The van der Waals surface area contributed by atoms with E-state index in [1.54, 1.807) is 0 Å². The van der Waals surface area contributed by atoms with E-state index < -0.39 is 6.10 Å². The monoisotopic (exact) mass is 194 g/mol. The lowest BCUT2D eigenvalue weighted by molar-refractivity contribution is 0.134. The second kappa shape index (κ2) is 5.13. The number of benzene rings is 1. The van der Waals surface area contributed by atoms with Gasteiger partial charge in [-0.1, -0.05) is 38.1 Å². The molecule has 2 N–H and O–H groups in total. The highest BCUT2D eigenvalue weighted by atomic mass is 16.3. The van der Waals surface area contributed by atoms with Crippen LogP contribution >= 0.6 is 0 Å². The third-order valence-corrected chi connectivity index (χ3v) is 2.39. The SMILES string of the molecule is CC(C)c1ccc(C(O)CCO)cc1. The summed E-state index contributed by atoms with van der Waals surface area (Å²) in [6.07, 6.45) is -0.137. The van der Waals surface area contributed by atoms with E-state index in [-0.39, 0.29) is 6.61 Å². The molecular formula is C12H18O2. The van der Waals surface area contributed by atoms with Crippen LogP contribution in [0.4, 0.5) is 0 Å². The molecule has 1 atom stereocenters. The smallest absolute Gasteiger partial charge is 0.0811 e. The van der Waals surface area contributed by atoms with Gasteiger partial charge in [0.1, 0.15) is 0 Å². The molecule has 2 heteroatoms. The van der Waals surface area contributed by atoms with Crippen LogP contribution in [0.15, 0.2) is 24.3 Å². The Morgan fingerprint density at radius 2 is 1.57 bits per heavy atom. The van der Waals surface area contributed by atoms with Crippen LogP contribution in [0, 0.1) is 0 Å². The lowest BCUT2D eigenvalue weighted by Gasteiger charge is -2.11. The Morgan fingerprint density at radius 3 is 2.00 bits per heavy atom. The first-order chi connectivity index (χ1) is 6.65. The summed E-state index contributed by atoms with van der Waals surface area (Å²) >= 11 is 0. The number of aliphatic hydroxyl groups excluding tert-OH is 2. The maximum absolute atomic E-state index is 9.59. The summed E-state index contributed by atoms with van der Waals surface area (Å²) in [5.74, 6) is 0.513. The van der Waals surface area contributed by atoms with Gasteiger partial charge in [-0.2, -0.15) is 0 Å². The molecule has 0 aliphatic carbocycles. The van der Waals surface area contributed by atoms with Crippen LogP contribution in [0.25, 0.3) is 0 Å². The maximum Gasteiger partial charge on any atom is 0.0811 e. The third kappa shape index (κ3) is 2.82. The number of hydrogen-bond acceptors (Lipinski definition) is 2. The van der Waals surface area contributed by atoms with E-state index >= 15 is 0 Å². The van der Waals surface area contributed by atoms with Gasteiger partial charge in [-0.15, -0.1) is 0 Å². The van der Waals surface area contributed by atoms with Crippen molar-refractivity contribution in [1.82, 2.24) is 0 Å². The molecule has 2 nitrogen and oxygen atoms in total. The normalized spacial score (nSPS) is 13.2. The maximum atomic E-state index is 9.59. The minimum Gasteiger partial charge on any atom is -0.396 e. The molecule has 1 aromatic carbocycles. The van der Waals surface area contributed by atoms with Crippen LogP contribution in [0.1, 0.15) is 43.4 Å². The molecule has 0 bridgehead atoms. The number of aliphatic hydroxyl groups is 2. The molecule has 14 heavy (non-hydrogen) atoms. The molecule has 0 amide bonds. The fourth-order valence-electron chi connectivity index (χ4n) is 1.39. The van der Waals surface area contributed by atoms with Gasteiger partial charge in [0.05, 0.1) is 6.10 Å². The molecule has 0 aliphatic rings. The van der Waals surface area contributed by atoms with Crippen molar-refractivity contribution >= 4 is 0 Å². The van der Waals surface area contributed by atoms with E-state index in [1.165, 1.54) is 5.56 Å². The van der Waals surface area contributed by atoms with Gasteiger partial charge in [0.2, 0.25) is 0 Å². The van der Waals surface area contributed by atoms with Crippen LogP contribution in [-0.4, -0.2) is 16.8 Å². The Balaban J connectivity index is 2.72. The molecule has 0 heterocycles. The number of hydrogen-bond donors (Lipinski definition) is 2. The van der Waals surface area contributed by atoms with Gasteiger partial charge in [-0.05, 0) is 17.0 Å². The molecule has 1 rings (SSSR count). The van der Waals surface area contributed by atoms with Gasteiger partial charge in [0, 0.05) is 13.0 Å². The summed E-state index contributed by atoms with van der Waals surface area (Å²) < 4.78 is 0. The van der Waals surface area contributed by atoms with Crippen LogP contribution in [0.5, 0.6) is 0 Å². The predicted molar refractivity (Wildman–Crippen MR) is 57.2 cm³/mol. The largest absolute Gasteiger partial charge is 0.396 e. The Hall–Kier alpha value is -0.860. The standard InChI is InChI=1S/C12H18O2/c1-9(2)10-3-5-11(6-4-10)12(14)7-8-13/h3-6,9,12-14H,7-8H2,1-2H3. The molecule has 0 radical (unpaired) electrons. The highest BCUT2D eigenvalue weighted by Gasteiger charge is 2.06. The van der Waals surface area contributed by atoms with E-state index in [0.29, 0.717) is 12.3 Å². The first-order valence-corrected chi connectivity index (χ1v) is 5.04. The first kappa shape index (κ1) is 11.2. The average molecular weight is 194 g/mol. The van der Waals surface area contributed by atoms with Crippen molar-refractivity contribution in [1.29, 1.82) is 0 Å². The van der Waals surface area contributed by atoms with Crippen LogP contribution in [0.3, 0.4) is 0 Å². The predicted octanol–water partition coefficient (Wildman–Crippen LogP) is 2.23. The topological polar surface area (TPSA) is 40.5 Å². The number of rotatable bonds is 4. The van der Waals surface area contributed by atoms with Crippen LogP contribution < -0.4 is 0 Å². The Kier molecular flexibility index (Phi) is 4.11.